The zero-order valence-electron chi connectivity index (χ0n) is 14.9. The average molecular weight is 358 g/mol. The molecule has 1 aromatic heterocycles. The lowest BCUT2D eigenvalue weighted by atomic mass is 10.1. The third kappa shape index (κ3) is 3.62. The van der Waals surface area contributed by atoms with Gasteiger partial charge in [0.1, 0.15) is 5.82 Å². The monoisotopic (exact) mass is 358 g/mol. The maximum Gasteiger partial charge on any atom is 0.227 e. The summed E-state index contributed by atoms with van der Waals surface area (Å²) in [6.45, 7) is 3.30. The van der Waals surface area contributed by atoms with E-state index in [9.17, 15) is 9.18 Å². The summed E-state index contributed by atoms with van der Waals surface area (Å²) in [5.41, 5.74) is 1.24. The first-order valence-electron chi connectivity index (χ1n) is 9.21. The maximum absolute atomic E-state index is 13.4. The van der Waals surface area contributed by atoms with Crippen molar-refractivity contribution in [3.8, 4) is 11.4 Å². The minimum Gasteiger partial charge on any atom is -0.341 e. The number of carbonyl (C=O) groups is 1. The van der Waals surface area contributed by atoms with E-state index in [-0.39, 0.29) is 11.7 Å². The first-order chi connectivity index (χ1) is 12.6. The molecule has 138 valence electrons. The molecule has 0 aliphatic carbocycles. The number of hydrogen-bond donors (Lipinski definition) is 1. The molecule has 2 aliphatic heterocycles. The molecule has 1 amide bonds. The first kappa shape index (κ1) is 17.1. The van der Waals surface area contributed by atoms with Gasteiger partial charge in [0.05, 0.1) is 0 Å². The van der Waals surface area contributed by atoms with Gasteiger partial charge in [0.15, 0.2) is 0 Å². The Hall–Kier alpha value is -2.28. The maximum atomic E-state index is 13.4. The molecule has 7 heteroatoms. The van der Waals surface area contributed by atoms with E-state index in [1.165, 1.54) is 12.5 Å². The molecule has 26 heavy (non-hydrogen) atoms. The van der Waals surface area contributed by atoms with E-state index in [0.717, 1.165) is 25.9 Å². The number of nitrogens with one attached hydrogen (secondary N) is 1. The molecule has 2 saturated heterocycles. The quantitative estimate of drug-likeness (QED) is 0.909. The van der Waals surface area contributed by atoms with Crippen LogP contribution >= 0.6 is 0 Å². The van der Waals surface area contributed by atoms with Crippen LogP contribution in [0.2, 0.25) is 0 Å². The van der Waals surface area contributed by atoms with Gasteiger partial charge in [-0.3, -0.25) is 4.79 Å². The minimum absolute atomic E-state index is 0.136. The number of amides is 1. The molecular weight excluding hydrogens is 335 g/mol. The van der Waals surface area contributed by atoms with E-state index in [1.54, 1.807) is 19.1 Å². The van der Waals surface area contributed by atoms with Gasteiger partial charge in [0.2, 0.25) is 17.6 Å². The van der Waals surface area contributed by atoms with Crippen LogP contribution < -0.4 is 5.32 Å². The van der Waals surface area contributed by atoms with E-state index in [0.29, 0.717) is 47.8 Å². The van der Waals surface area contributed by atoms with Gasteiger partial charge in [-0.2, -0.15) is 4.98 Å². The Kier molecular flexibility index (Phi) is 4.72. The number of hydrogen-bond acceptors (Lipinski definition) is 5. The highest BCUT2D eigenvalue weighted by molar-refractivity contribution is 5.76. The summed E-state index contributed by atoms with van der Waals surface area (Å²) in [6.07, 6.45) is 4.18. The Labute approximate surface area is 151 Å². The standard InChI is InChI=1S/C19H23FN4O2/c1-12-10-13(2-5-16(12)20)19-22-17(26-23-19)6-7-18(25)24-9-8-14-3-4-15(11-24)21-14/h2,5,10,14-15,21H,3-4,6-9,11H2,1H3. The Balaban J connectivity index is 1.35. The molecule has 2 fully saturated rings. The van der Waals surface area contributed by atoms with Crippen molar-refractivity contribution in [2.75, 3.05) is 13.1 Å². The summed E-state index contributed by atoms with van der Waals surface area (Å²) in [7, 11) is 0. The highest BCUT2D eigenvalue weighted by atomic mass is 19.1. The van der Waals surface area contributed by atoms with Crippen LogP contribution in [0.3, 0.4) is 0 Å². The third-order valence-corrected chi connectivity index (χ3v) is 5.31. The number of fused-ring (bicyclic) bond motifs is 2. The van der Waals surface area contributed by atoms with E-state index in [4.69, 9.17) is 4.52 Å². The van der Waals surface area contributed by atoms with Crippen LogP contribution in [0.1, 0.15) is 37.1 Å². The number of nitrogens with zero attached hydrogens (tertiary/aromatic N) is 3. The van der Waals surface area contributed by atoms with Gasteiger partial charge in [-0.15, -0.1) is 0 Å². The number of halogens is 1. The molecule has 2 bridgehead atoms. The number of carbonyl (C=O) groups excluding carboxylic acids is 1. The van der Waals surface area contributed by atoms with Crippen molar-refractivity contribution in [2.45, 2.75) is 51.1 Å². The van der Waals surface area contributed by atoms with Gasteiger partial charge in [-0.1, -0.05) is 5.16 Å². The fourth-order valence-electron chi connectivity index (χ4n) is 3.80. The fourth-order valence-corrected chi connectivity index (χ4v) is 3.80. The summed E-state index contributed by atoms with van der Waals surface area (Å²) in [5.74, 6) is 0.733. The van der Waals surface area contributed by atoms with Crippen LogP contribution in [0.5, 0.6) is 0 Å². The van der Waals surface area contributed by atoms with Crippen LogP contribution in [0, 0.1) is 12.7 Å². The molecule has 1 N–H and O–H groups in total. The molecule has 2 atom stereocenters. The minimum atomic E-state index is -0.260. The van der Waals surface area contributed by atoms with Crippen molar-refractivity contribution in [3.63, 3.8) is 0 Å². The zero-order chi connectivity index (χ0) is 18.1. The number of aryl methyl sites for hydroxylation is 2. The van der Waals surface area contributed by atoms with Crippen LogP contribution in [-0.2, 0) is 11.2 Å². The van der Waals surface area contributed by atoms with Gasteiger partial charge in [-0.25, -0.2) is 4.39 Å². The van der Waals surface area contributed by atoms with Crippen LogP contribution in [0.4, 0.5) is 4.39 Å². The molecule has 2 aliphatic rings. The Morgan fingerprint density at radius 3 is 3.04 bits per heavy atom. The summed E-state index contributed by atoms with van der Waals surface area (Å²) in [6, 6.07) is 5.71. The Morgan fingerprint density at radius 2 is 2.19 bits per heavy atom. The van der Waals surface area contributed by atoms with Crippen LogP contribution in [0.15, 0.2) is 22.7 Å². The molecule has 2 unspecified atom stereocenters. The zero-order valence-corrected chi connectivity index (χ0v) is 14.9. The SMILES string of the molecule is Cc1cc(-c2noc(CCC(=O)N3CCC4CCC(C3)N4)n2)ccc1F. The molecule has 1 aromatic carbocycles. The van der Waals surface area contributed by atoms with Crippen LogP contribution in [0.25, 0.3) is 11.4 Å². The lowest BCUT2D eigenvalue weighted by Gasteiger charge is -2.24. The summed E-state index contributed by atoms with van der Waals surface area (Å²) >= 11 is 0. The highest BCUT2D eigenvalue weighted by Gasteiger charge is 2.31. The van der Waals surface area contributed by atoms with Crippen molar-refractivity contribution >= 4 is 5.91 Å². The predicted molar refractivity (Wildman–Crippen MR) is 93.9 cm³/mol. The van der Waals surface area contributed by atoms with E-state index < -0.39 is 0 Å². The average Bonchev–Trinajstić information content (AvgIpc) is 3.21. The predicted octanol–water partition coefficient (Wildman–Crippen LogP) is 2.47. The molecule has 6 nitrogen and oxygen atoms in total. The number of aromatic nitrogens is 2. The van der Waals surface area contributed by atoms with E-state index in [2.05, 4.69) is 15.5 Å². The van der Waals surface area contributed by atoms with Gasteiger partial charge in [0, 0.05) is 43.6 Å². The third-order valence-electron chi connectivity index (χ3n) is 5.31. The van der Waals surface area contributed by atoms with Crippen molar-refractivity contribution in [3.05, 3.63) is 35.5 Å². The topological polar surface area (TPSA) is 71.3 Å². The molecule has 0 saturated carbocycles. The van der Waals surface area contributed by atoms with Crippen LogP contribution in [-0.4, -0.2) is 46.1 Å². The molecule has 4 rings (SSSR count). The fraction of sp³-hybridized carbons (Fsp3) is 0.526. The lowest BCUT2D eigenvalue weighted by molar-refractivity contribution is -0.131. The summed E-state index contributed by atoms with van der Waals surface area (Å²) in [5, 5.41) is 7.53. The largest absolute Gasteiger partial charge is 0.341 e. The van der Waals surface area contributed by atoms with Crippen molar-refractivity contribution in [2.24, 2.45) is 0 Å². The molecule has 3 heterocycles. The van der Waals surface area contributed by atoms with Crippen molar-refractivity contribution < 1.29 is 13.7 Å². The van der Waals surface area contributed by atoms with Crippen molar-refractivity contribution in [1.82, 2.24) is 20.4 Å². The smallest absolute Gasteiger partial charge is 0.227 e. The molecule has 2 aromatic rings. The normalized spacial score (nSPS) is 22.5. The van der Waals surface area contributed by atoms with Gasteiger partial charge < -0.3 is 14.7 Å². The molecular formula is C19H23FN4O2. The van der Waals surface area contributed by atoms with Crippen molar-refractivity contribution in [1.29, 1.82) is 0 Å². The lowest BCUT2D eigenvalue weighted by Crippen LogP contribution is -2.39. The molecule has 0 radical (unpaired) electrons. The Morgan fingerprint density at radius 1 is 1.35 bits per heavy atom. The second-order valence-corrected chi connectivity index (χ2v) is 7.24. The number of likely N-dealkylation sites (tertiary alicyclic amines) is 1. The van der Waals surface area contributed by atoms with Gasteiger partial charge in [-0.05, 0) is 49.9 Å². The Bertz CT molecular complexity index is 807. The highest BCUT2D eigenvalue weighted by Crippen LogP contribution is 2.22. The second kappa shape index (κ2) is 7.15. The van der Waals surface area contributed by atoms with Gasteiger partial charge >= 0.3 is 0 Å². The number of rotatable bonds is 4. The van der Waals surface area contributed by atoms with E-state index >= 15 is 0 Å². The van der Waals surface area contributed by atoms with Gasteiger partial charge in [0.25, 0.3) is 0 Å². The second-order valence-electron chi connectivity index (χ2n) is 7.24. The number of benzene rings is 1. The first-order valence-corrected chi connectivity index (χ1v) is 9.21. The van der Waals surface area contributed by atoms with E-state index in [1.807, 2.05) is 4.90 Å². The summed E-state index contributed by atoms with van der Waals surface area (Å²) in [4.78, 5) is 18.8. The molecule has 0 spiro atoms. The summed E-state index contributed by atoms with van der Waals surface area (Å²) < 4.78 is 18.6.